The van der Waals surface area contributed by atoms with Crippen molar-refractivity contribution in [3.8, 4) is 0 Å². The minimum atomic E-state index is -0.358. The van der Waals surface area contributed by atoms with Crippen LogP contribution in [0.15, 0.2) is 36.7 Å². The second-order valence-electron chi connectivity index (χ2n) is 4.45. The van der Waals surface area contributed by atoms with Crippen LogP contribution in [0.5, 0.6) is 0 Å². The lowest BCUT2D eigenvalue weighted by Crippen LogP contribution is -2.28. The fraction of sp³-hybridized carbons (Fsp3) is 0.333. The minimum Gasteiger partial charge on any atom is -0.258 e. The summed E-state index contributed by atoms with van der Waals surface area (Å²) in [4.78, 5) is 12.1. The molecule has 2 atom stereocenters. The number of aromatic nitrogens is 3. The summed E-state index contributed by atoms with van der Waals surface area (Å²) in [5, 5.41) is 19.1. The molecule has 1 aliphatic rings. The lowest BCUT2D eigenvalue weighted by atomic mass is 9.75. The molecular weight excluding hydrogens is 232 g/mol. The van der Waals surface area contributed by atoms with E-state index in [0.717, 1.165) is 18.4 Å². The first-order valence-corrected chi connectivity index (χ1v) is 5.86. The molecule has 0 N–H and O–H groups in total. The molecule has 2 aromatic rings. The Labute approximate surface area is 103 Å². The zero-order valence-corrected chi connectivity index (χ0v) is 9.64. The van der Waals surface area contributed by atoms with Crippen LogP contribution in [0.25, 0.3) is 0 Å². The van der Waals surface area contributed by atoms with E-state index < -0.39 is 0 Å². The fourth-order valence-electron chi connectivity index (χ4n) is 2.41. The Balaban J connectivity index is 1.87. The highest BCUT2D eigenvalue weighted by Crippen LogP contribution is 2.45. The standard InChI is InChI=1S/C12H12N4O2/c17-16(18)10-3-1-2-9(8-10)11-4-5-12(11)15-13-6-7-14-15/h1-3,6-8,11-12H,4-5H2. The zero-order chi connectivity index (χ0) is 12.5. The van der Waals surface area contributed by atoms with Gasteiger partial charge in [0.05, 0.1) is 23.4 Å². The van der Waals surface area contributed by atoms with Crippen molar-refractivity contribution >= 4 is 5.69 Å². The summed E-state index contributed by atoms with van der Waals surface area (Å²) in [6.45, 7) is 0. The SMILES string of the molecule is O=[N+]([O-])c1cccc(C2CCC2n2nccn2)c1. The Bertz CT molecular complexity index is 567. The smallest absolute Gasteiger partial charge is 0.258 e. The van der Waals surface area contributed by atoms with Gasteiger partial charge in [-0.15, -0.1) is 0 Å². The molecule has 6 heteroatoms. The highest BCUT2D eigenvalue weighted by Gasteiger charge is 2.35. The second kappa shape index (κ2) is 4.21. The van der Waals surface area contributed by atoms with E-state index in [2.05, 4.69) is 10.2 Å². The van der Waals surface area contributed by atoms with Gasteiger partial charge in [-0.2, -0.15) is 15.0 Å². The van der Waals surface area contributed by atoms with Crippen molar-refractivity contribution in [1.29, 1.82) is 0 Å². The second-order valence-corrected chi connectivity index (χ2v) is 4.45. The molecule has 1 fully saturated rings. The van der Waals surface area contributed by atoms with Crippen LogP contribution in [0.1, 0.15) is 30.4 Å². The fourth-order valence-corrected chi connectivity index (χ4v) is 2.41. The molecule has 3 rings (SSSR count). The molecule has 0 bridgehead atoms. The van der Waals surface area contributed by atoms with E-state index in [1.807, 2.05) is 6.07 Å². The summed E-state index contributed by atoms with van der Waals surface area (Å²) in [6.07, 6.45) is 5.35. The van der Waals surface area contributed by atoms with Gasteiger partial charge in [0.25, 0.3) is 5.69 Å². The van der Waals surface area contributed by atoms with Gasteiger partial charge in [-0.25, -0.2) is 0 Å². The molecule has 1 aromatic carbocycles. The van der Waals surface area contributed by atoms with E-state index in [4.69, 9.17) is 0 Å². The van der Waals surface area contributed by atoms with Gasteiger partial charge >= 0.3 is 0 Å². The van der Waals surface area contributed by atoms with Crippen molar-refractivity contribution in [3.63, 3.8) is 0 Å². The Morgan fingerprint density at radius 1 is 1.28 bits per heavy atom. The number of nitro benzene ring substituents is 1. The van der Waals surface area contributed by atoms with Crippen molar-refractivity contribution in [2.75, 3.05) is 0 Å². The number of nitrogens with zero attached hydrogens (tertiary/aromatic N) is 4. The average Bonchev–Trinajstić information content (AvgIpc) is 2.81. The van der Waals surface area contributed by atoms with Gasteiger partial charge in [-0.1, -0.05) is 12.1 Å². The lowest BCUT2D eigenvalue weighted by molar-refractivity contribution is -0.384. The molecule has 1 heterocycles. The third-order valence-electron chi connectivity index (χ3n) is 3.48. The third kappa shape index (κ3) is 1.75. The highest BCUT2D eigenvalue weighted by molar-refractivity contribution is 5.37. The number of benzene rings is 1. The van der Waals surface area contributed by atoms with Gasteiger partial charge in [-0.3, -0.25) is 10.1 Å². The molecule has 92 valence electrons. The normalized spacial score (nSPS) is 22.4. The first kappa shape index (κ1) is 10.9. The zero-order valence-electron chi connectivity index (χ0n) is 9.64. The first-order valence-electron chi connectivity index (χ1n) is 5.86. The van der Waals surface area contributed by atoms with Crippen LogP contribution >= 0.6 is 0 Å². The number of nitro groups is 1. The van der Waals surface area contributed by atoms with E-state index in [0.29, 0.717) is 0 Å². The van der Waals surface area contributed by atoms with Crippen molar-refractivity contribution in [2.24, 2.45) is 0 Å². The monoisotopic (exact) mass is 244 g/mol. The quantitative estimate of drug-likeness (QED) is 0.613. The maximum Gasteiger partial charge on any atom is 0.269 e. The topological polar surface area (TPSA) is 73.8 Å². The number of rotatable bonds is 3. The van der Waals surface area contributed by atoms with Crippen LogP contribution in [0.4, 0.5) is 5.69 Å². The summed E-state index contributed by atoms with van der Waals surface area (Å²) in [5.41, 5.74) is 1.14. The first-order chi connectivity index (χ1) is 8.75. The molecule has 0 amide bonds. The van der Waals surface area contributed by atoms with Crippen molar-refractivity contribution in [2.45, 2.75) is 24.8 Å². The molecule has 1 aliphatic carbocycles. The van der Waals surface area contributed by atoms with E-state index in [9.17, 15) is 10.1 Å². The summed E-state index contributed by atoms with van der Waals surface area (Å²) in [7, 11) is 0. The lowest BCUT2D eigenvalue weighted by Gasteiger charge is -2.35. The van der Waals surface area contributed by atoms with Crippen molar-refractivity contribution in [1.82, 2.24) is 15.0 Å². The molecule has 1 saturated carbocycles. The molecule has 6 nitrogen and oxygen atoms in total. The predicted octanol–water partition coefficient (Wildman–Crippen LogP) is 2.30. The Morgan fingerprint density at radius 3 is 2.67 bits per heavy atom. The van der Waals surface area contributed by atoms with Crippen LogP contribution < -0.4 is 0 Å². The van der Waals surface area contributed by atoms with Gasteiger partial charge in [0.15, 0.2) is 0 Å². The van der Waals surface area contributed by atoms with Crippen LogP contribution in [0.2, 0.25) is 0 Å². The van der Waals surface area contributed by atoms with Gasteiger partial charge in [0.2, 0.25) is 0 Å². The molecular formula is C12H12N4O2. The Morgan fingerprint density at radius 2 is 2.06 bits per heavy atom. The number of non-ortho nitro benzene ring substituents is 1. The Kier molecular flexibility index (Phi) is 2.55. The van der Waals surface area contributed by atoms with Gasteiger partial charge in [-0.05, 0) is 18.4 Å². The maximum absolute atomic E-state index is 10.8. The number of hydrogen-bond donors (Lipinski definition) is 0. The summed E-state index contributed by atoms with van der Waals surface area (Å²) in [5.74, 6) is 0.275. The van der Waals surface area contributed by atoms with Gasteiger partial charge in [0, 0.05) is 18.1 Å². The largest absolute Gasteiger partial charge is 0.269 e. The van der Waals surface area contributed by atoms with E-state index in [1.54, 1.807) is 29.3 Å². The summed E-state index contributed by atoms with van der Waals surface area (Å²) in [6, 6.07) is 7.07. The van der Waals surface area contributed by atoms with Crippen LogP contribution in [-0.2, 0) is 0 Å². The van der Waals surface area contributed by atoms with Crippen LogP contribution in [-0.4, -0.2) is 19.9 Å². The highest BCUT2D eigenvalue weighted by atomic mass is 16.6. The minimum absolute atomic E-state index is 0.145. The Hall–Kier alpha value is -2.24. The van der Waals surface area contributed by atoms with E-state index >= 15 is 0 Å². The third-order valence-corrected chi connectivity index (χ3v) is 3.48. The molecule has 2 unspecified atom stereocenters. The summed E-state index contributed by atoms with van der Waals surface area (Å²) < 4.78 is 0. The molecule has 1 aromatic heterocycles. The molecule has 0 spiro atoms. The van der Waals surface area contributed by atoms with E-state index in [1.165, 1.54) is 6.07 Å². The van der Waals surface area contributed by atoms with Gasteiger partial charge in [0.1, 0.15) is 0 Å². The molecule has 0 radical (unpaired) electrons. The van der Waals surface area contributed by atoms with Crippen molar-refractivity contribution < 1.29 is 4.92 Å². The van der Waals surface area contributed by atoms with Crippen LogP contribution in [0, 0.1) is 10.1 Å². The predicted molar refractivity (Wildman–Crippen MR) is 64.1 cm³/mol. The maximum atomic E-state index is 10.8. The molecule has 0 saturated heterocycles. The van der Waals surface area contributed by atoms with E-state index in [-0.39, 0.29) is 22.6 Å². The van der Waals surface area contributed by atoms with Crippen LogP contribution in [0.3, 0.4) is 0 Å². The van der Waals surface area contributed by atoms with Gasteiger partial charge < -0.3 is 0 Å². The average molecular weight is 244 g/mol. The number of hydrogen-bond acceptors (Lipinski definition) is 4. The van der Waals surface area contributed by atoms with Crippen molar-refractivity contribution in [3.05, 3.63) is 52.3 Å². The molecule has 18 heavy (non-hydrogen) atoms. The molecule has 0 aliphatic heterocycles. The summed E-state index contributed by atoms with van der Waals surface area (Å²) >= 11 is 0.